The lowest BCUT2D eigenvalue weighted by atomic mass is 9.82. The summed E-state index contributed by atoms with van der Waals surface area (Å²) in [5, 5.41) is 0.962. The smallest absolute Gasteiger partial charge is 0.314 e. The van der Waals surface area contributed by atoms with Gasteiger partial charge in [-0.15, -0.1) is 0 Å². The van der Waals surface area contributed by atoms with E-state index in [0.29, 0.717) is 18.2 Å². The molecule has 4 N–H and O–H groups in total. The molecular formula is C18H22N4O2. The van der Waals surface area contributed by atoms with Crippen molar-refractivity contribution in [2.45, 2.75) is 25.7 Å². The third-order valence-corrected chi connectivity index (χ3v) is 4.52. The van der Waals surface area contributed by atoms with Crippen molar-refractivity contribution in [2.24, 2.45) is 28.3 Å². The van der Waals surface area contributed by atoms with Gasteiger partial charge in [0.05, 0.1) is 5.92 Å². The van der Waals surface area contributed by atoms with Crippen LogP contribution in [0.3, 0.4) is 0 Å². The van der Waals surface area contributed by atoms with E-state index < -0.39 is 0 Å². The molecular weight excluding hydrogens is 304 g/mol. The molecule has 0 spiro atoms. The molecule has 0 atom stereocenters. The van der Waals surface area contributed by atoms with Crippen LogP contribution in [-0.4, -0.2) is 23.5 Å². The van der Waals surface area contributed by atoms with Crippen LogP contribution in [0.1, 0.15) is 25.7 Å². The van der Waals surface area contributed by atoms with Crippen LogP contribution in [0.2, 0.25) is 0 Å². The van der Waals surface area contributed by atoms with Gasteiger partial charge in [-0.3, -0.25) is 14.8 Å². The molecule has 0 radical (unpaired) electrons. The molecule has 6 nitrogen and oxygen atoms in total. The third-order valence-electron chi connectivity index (χ3n) is 4.52. The van der Waals surface area contributed by atoms with Crippen molar-refractivity contribution in [2.75, 3.05) is 6.54 Å². The molecule has 1 aliphatic rings. The molecule has 1 fully saturated rings. The average Bonchev–Trinajstić information content (AvgIpc) is 2.60. The van der Waals surface area contributed by atoms with E-state index in [1.165, 1.54) is 0 Å². The third kappa shape index (κ3) is 3.82. The van der Waals surface area contributed by atoms with Gasteiger partial charge in [0, 0.05) is 18.1 Å². The highest BCUT2D eigenvalue weighted by Crippen LogP contribution is 2.31. The number of carbonyl (C=O) groups excluding carboxylic acids is 1. The fraction of sp³-hybridized carbons (Fsp3) is 0.389. The number of aliphatic imine (C=N–C) groups is 1. The van der Waals surface area contributed by atoms with Gasteiger partial charge < -0.3 is 16.2 Å². The first-order valence-corrected chi connectivity index (χ1v) is 8.24. The molecule has 126 valence electrons. The first-order chi connectivity index (χ1) is 11.6. The Morgan fingerprint density at radius 3 is 2.67 bits per heavy atom. The highest BCUT2D eigenvalue weighted by Gasteiger charge is 2.28. The summed E-state index contributed by atoms with van der Waals surface area (Å²) in [7, 11) is 0. The largest absolute Gasteiger partial charge is 0.424 e. The Bertz CT molecular complexity index is 742. The zero-order valence-electron chi connectivity index (χ0n) is 13.5. The number of hydrogen-bond donors (Lipinski definition) is 2. The standard InChI is InChI=1S/C18H22N4O2/c19-18(20)22-11-12-6-8-14(9-7-12)17(23)24-15-5-1-3-13-4-2-10-21-16(13)15/h1-5,10,12,14H,6-9,11H2,(H4,19,20,22). The minimum atomic E-state index is -0.173. The van der Waals surface area contributed by atoms with Crippen molar-refractivity contribution in [3.63, 3.8) is 0 Å². The van der Waals surface area contributed by atoms with Crippen LogP contribution in [0, 0.1) is 11.8 Å². The van der Waals surface area contributed by atoms with Crippen LogP contribution in [0.25, 0.3) is 10.9 Å². The second kappa shape index (κ2) is 7.29. The Morgan fingerprint density at radius 2 is 1.92 bits per heavy atom. The fourth-order valence-corrected chi connectivity index (χ4v) is 3.17. The van der Waals surface area contributed by atoms with Crippen LogP contribution in [0.4, 0.5) is 0 Å². The van der Waals surface area contributed by atoms with E-state index in [4.69, 9.17) is 16.2 Å². The minimum absolute atomic E-state index is 0.0700. The average molecular weight is 326 g/mol. The number of carbonyl (C=O) groups is 1. The number of nitrogens with zero attached hydrogens (tertiary/aromatic N) is 2. The van der Waals surface area contributed by atoms with Crippen LogP contribution in [-0.2, 0) is 4.79 Å². The molecule has 0 aliphatic heterocycles. The molecule has 1 aromatic heterocycles. The van der Waals surface area contributed by atoms with Gasteiger partial charge in [-0.2, -0.15) is 0 Å². The molecule has 6 heteroatoms. The van der Waals surface area contributed by atoms with E-state index in [9.17, 15) is 4.79 Å². The molecule has 2 aromatic rings. The van der Waals surface area contributed by atoms with Crippen molar-refractivity contribution < 1.29 is 9.53 Å². The number of nitrogens with two attached hydrogens (primary N) is 2. The first-order valence-electron chi connectivity index (χ1n) is 8.24. The van der Waals surface area contributed by atoms with Crippen molar-refractivity contribution in [1.82, 2.24) is 4.98 Å². The second-order valence-electron chi connectivity index (χ2n) is 6.24. The quantitative estimate of drug-likeness (QED) is 0.388. The molecule has 0 saturated heterocycles. The molecule has 1 heterocycles. The summed E-state index contributed by atoms with van der Waals surface area (Å²) in [6, 6.07) is 9.44. The van der Waals surface area contributed by atoms with Crippen molar-refractivity contribution in [1.29, 1.82) is 0 Å². The molecule has 0 amide bonds. The Morgan fingerprint density at radius 1 is 1.17 bits per heavy atom. The van der Waals surface area contributed by atoms with Gasteiger partial charge in [0.15, 0.2) is 11.7 Å². The number of pyridine rings is 1. The van der Waals surface area contributed by atoms with Crippen molar-refractivity contribution in [3.05, 3.63) is 36.5 Å². The fourth-order valence-electron chi connectivity index (χ4n) is 3.17. The normalized spacial score (nSPS) is 20.5. The molecule has 1 aliphatic carbocycles. The Balaban J connectivity index is 1.61. The lowest BCUT2D eigenvalue weighted by molar-refractivity contribution is -0.140. The number of benzene rings is 1. The molecule has 1 aromatic carbocycles. The van der Waals surface area contributed by atoms with Crippen LogP contribution < -0.4 is 16.2 Å². The number of esters is 1. The van der Waals surface area contributed by atoms with Gasteiger partial charge in [-0.25, -0.2) is 0 Å². The van der Waals surface area contributed by atoms with Crippen LogP contribution in [0.15, 0.2) is 41.5 Å². The molecule has 0 unspecified atom stereocenters. The Hall–Kier alpha value is -2.63. The summed E-state index contributed by atoms with van der Waals surface area (Å²) in [6.45, 7) is 0.636. The summed E-state index contributed by atoms with van der Waals surface area (Å²) < 4.78 is 5.63. The summed E-state index contributed by atoms with van der Waals surface area (Å²) >= 11 is 0. The topological polar surface area (TPSA) is 104 Å². The zero-order chi connectivity index (χ0) is 16.9. The zero-order valence-corrected chi connectivity index (χ0v) is 13.5. The van der Waals surface area contributed by atoms with Crippen LogP contribution in [0.5, 0.6) is 5.75 Å². The molecule has 24 heavy (non-hydrogen) atoms. The number of guanidine groups is 1. The highest BCUT2D eigenvalue weighted by atomic mass is 16.5. The van der Waals surface area contributed by atoms with E-state index in [-0.39, 0.29) is 17.8 Å². The number of aromatic nitrogens is 1. The predicted octanol–water partition coefficient (Wildman–Crippen LogP) is 2.22. The van der Waals surface area contributed by atoms with Crippen LogP contribution >= 0.6 is 0 Å². The number of rotatable bonds is 4. The van der Waals surface area contributed by atoms with E-state index >= 15 is 0 Å². The van der Waals surface area contributed by atoms with E-state index in [2.05, 4.69) is 9.98 Å². The van der Waals surface area contributed by atoms with Gasteiger partial charge in [0.2, 0.25) is 0 Å². The van der Waals surface area contributed by atoms with Crippen molar-refractivity contribution >= 4 is 22.8 Å². The predicted molar refractivity (Wildman–Crippen MR) is 93.5 cm³/mol. The lowest BCUT2D eigenvalue weighted by Gasteiger charge is -2.26. The number of ether oxygens (including phenoxy) is 1. The SMILES string of the molecule is NC(N)=NCC1CCC(C(=O)Oc2cccc3cccnc23)CC1. The van der Waals surface area contributed by atoms with Gasteiger partial charge in [0.25, 0.3) is 0 Å². The lowest BCUT2D eigenvalue weighted by Crippen LogP contribution is -2.28. The van der Waals surface area contributed by atoms with E-state index in [1.54, 1.807) is 12.3 Å². The second-order valence-corrected chi connectivity index (χ2v) is 6.24. The summed E-state index contributed by atoms with van der Waals surface area (Å²) in [5.74, 6) is 0.851. The Kier molecular flexibility index (Phi) is 4.93. The molecule has 3 rings (SSSR count). The van der Waals surface area contributed by atoms with E-state index in [1.807, 2.05) is 24.3 Å². The summed E-state index contributed by atoms with van der Waals surface area (Å²) in [6.07, 6.45) is 5.19. The van der Waals surface area contributed by atoms with E-state index in [0.717, 1.165) is 36.6 Å². The Labute approximate surface area is 140 Å². The van der Waals surface area contributed by atoms with Gasteiger partial charge in [-0.05, 0) is 43.7 Å². The maximum atomic E-state index is 12.5. The first kappa shape index (κ1) is 16.2. The van der Waals surface area contributed by atoms with Crippen molar-refractivity contribution in [3.8, 4) is 5.75 Å². The van der Waals surface area contributed by atoms with Gasteiger partial charge >= 0.3 is 5.97 Å². The monoisotopic (exact) mass is 326 g/mol. The molecule has 1 saturated carbocycles. The summed E-state index contributed by atoms with van der Waals surface area (Å²) in [5.41, 5.74) is 11.4. The number of hydrogen-bond acceptors (Lipinski definition) is 4. The van der Waals surface area contributed by atoms with Gasteiger partial charge in [0.1, 0.15) is 5.52 Å². The maximum Gasteiger partial charge on any atom is 0.314 e. The number of fused-ring (bicyclic) bond motifs is 1. The maximum absolute atomic E-state index is 12.5. The van der Waals surface area contributed by atoms with Gasteiger partial charge in [-0.1, -0.05) is 18.2 Å². The highest BCUT2D eigenvalue weighted by molar-refractivity contribution is 5.87. The molecule has 0 bridgehead atoms. The minimum Gasteiger partial charge on any atom is -0.424 e. The summed E-state index contributed by atoms with van der Waals surface area (Å²) in [4.78, 5) is 20.9. The number of para-hydroxylation sites is 1.